The number of alkyl halides is 2. The Bertz CT molecular complexity index is 67.1. The van der Waals surface area contributed by atoms with Crippen LogP contribution in [0.2, 0.25) is 0 Å². The van der Waals surface area contributed by atoms with Gasteiger partial charge in [0.25, 0.3) is 5.92 Å². The highest BCUT2D eigenvalue weighted by atomic mass is 32.2. The SMILES string of the molecule is CSCC(F)(F)CN. The quantitative estimate of drug-likeness (QED) is 0.633. The Labute approximate surface area is 51.6 Å². The predicted molar refractivity (Wildman–Crippen MR) is 32.4 cm³/mol. The van der Waals surface area contributed by atoms with Gasteiger partial charge in [0.1, 0.15) is 0 Å². The maximum absolute atomic E-state index is 12.0. The van der Waals surface area contributed by atoms with Crippen molar-refractivity contribution in [1.82, 2.24) is 0 Å². The van der Waals surface area contributed by atoms with E-state index in [-0.39, 0.29) is 5.75 Å². The van der Waals surface area contributed by atoms with Gasteiger partial charge in [-0.15, -0.1) is 0 Å². The molecule has 0 radical (unpaired) electrons. The van der Waals surface area contributed by atoms with Crippen LogP contribution in [0.15, 0.2) is 0 Å². The zero-order chi connectivity index (χ0) is 6.62. The number of hydrogen-bond acceptors (Lipinski definition) is 2. The van der Waals surface area contributed by atoms with Gasteiger partial charge >= 0.3 is 0 Å². The fraction of sp³-hybridized carbons (Fsp3) is 1.00. The molecule has 0 heterocycles. The lowest BCUT2D eigenvalue weighted by Crippen LogP contribution is -2.30. The summed E-state index contributed by atoms with van der Waals surface area (Å²) in [5.74, 6) is -2.84. The van der Waals surface area contributed by atoms with E-state index in [4.69, 9.17) is 5.73 Å². The van der Waals surface area contributed by atoms with E-state index in [0.717, 1.165) is 11.8 Å². The van der Waals surface area contributed by atoms with E-state index < -0.39 is 12.5 Å². The topological polar surface area (TPSA) is 26.0 Å². The van der Waals surface area contributed by atoms with Crippen molar-refractivity contribution in [3.63, 3.8) is 0 Å². The van der Waals surface area contributed by atoms with E-state index in [1.54, 1.807) is 6.26 Å². The molecule has 0 saturated heterocycles. The predicted octanol–water partition coefficient (Wildman–Crippen LogP) is 0.943. The zero-order valence-corrected chi connectivity index (χ0v) is 5.47. The Balaban J connectivity index is 3.37. The van der Waals surface area contributed by atoms with Crippen molar-refractivity contribution in [3.8, 4) is 0 Å². The van der Waals surface area contributed by atoms with Gasteiger partial charge in [-0.05, 0) is 6.26 Å². The average Bonchev–Trinajstić information content (AvgIpc) is 1.67. The van der Waals surface area contributed by atoms with Crippen LogP contribution in [-0.4, -0.2) is 24.5 Å². The monoisotopic (exact) mass is 141 g/mol. The summed E-state index contributed by atoms with van der Waals surface area (Å²) in [6.45, 7) is -0.548. The van der Waals surface area contributed by atoms with Gasteiger partial charge in [-0.3, -0.25) is 0 Å². The molecule has 0 spiro atoms. The molecule has 0 aromatic rings. The van der Waals surface area contributed by atoms with E-state index >= 15 is 0 Å². The van der Waals surface area contributed by atoms with Crippen molar-refractivity contribution in [2.24, 2.45) is 5.73 Å². The van der Waals surface area contributed by atoms with Crippen LogP contribution in [-0.2, 0) is 0 Å². The van der Waals surface area contributed by atoms with E-state index in [9.17, 15) is 8.78 Å². The molecular weight excluding hydrogens is 132 g/mol. The first-order valence-corrected chi connectivity index (χ1v) is 3.58. The molecule has 0 aliphatic carbocycles. The summed E-state index contributed by atoms with van der Waals surface area (Å²) in [6, 6.07) is 0. The Morgan fingerprint density at radius 3 is 2.25 bits per heavy atom. The summed E-state index contributed by atoms with van der Waals surface area (Å²) in [7, 11) is 0. The third kappa shape index (κ3) is 3.21. The third-order valence-corrected chi connectivity index (χ3v) is 1.37. The Morgan fingerprint density at radius 2 is 2.12 bits per heavy atom. The van der Waals surface area contributed by atoms with Crippen LogP contribution in [0.4, 0.5) is 8.78 Å². The van der Waals surface area contributed by atoms with Gasteiger partial charge < -0.3 is 5.73 Å². The fourth-order valence-electron chi connectivity index (χ4n) is 0.270. The van der Waals surface area contributed by atoms with Crippen molar-refractivity contribution in [2.75, 3.05) is 18.6 Å². The van der Waals surface area contributed by atoms with Crippen molar-refractivity contribution in [3.05, 3.63) is 0 Å². The lowest BCUT2D eigenvalue weighted by molar-refractivity contribution is 0.0376. The van der Waals surface area contributed by atoms with Crippen LogP contribution in [0.25, 0.3) is 0 Å². The summed E-state index contributed by atoms with van der Waals surface area (Å²) in [6.07, 6.45) is 1.63. The highest BCUT2D eigenvalue weighted by molar-refractivity contribution is 7.98. The highest BCUT2D eigenvalue weighted by Gasteiger charge is 2.24. The van der Waals surface area contributed by atoms with Gasteiger partial charge in [-0.25, -0.2) is 8.78 Å². The molecule has 0 aliphatic heterocycles. The minimum atomic E-state index is -2.67. The van der Waals surface area contributed by atoms with Crippen molar-refractivity contribution >= 4 is 11.8 Å². The van der Waals surface area contributed by atoms with Crippen LogP contribution >= 0.6 is 11.8 Å². The summed E-state index contributed by atoms with van der Waals surface area (Å²) in [5.41, 5.74) is 4.73. The average molecular weight is 141 g/mol. The summed E-state index contributed by atoms with van der Waals surface area (Å²) >= 11 is 1.10. The van der Waals surface area contributed by atoms with Gasteiger partial charge in [0.05, 0.1) is 12.3 Å². The van der Waals surface area contributed by atoms with Crippen LogP contribution in [0.3, 0.4) is 0 Å². The summed E-state index contributed by atoms with van der Waals surface area (Å²) in [5, 5.41) is 0. The molecule has 0 rings (SSSR count). The minimum Gasteiger partial charge on any atom is -0.325 e. The highest BCUT2D eigenvalue weighted by Crippen LogP contribution is 2.15. The second kappa shape index (κ2) is 3.25. The number of rotatable bonds is 3. The number of halogens is 2. The van der Waals surface area contributed by atoms with Crippen LogP contribution in [0, 0.1) is 0 Å². The molecule has 4 heteroatoms. The maximum Gasteiger partial charge on any atom is 0.268 e. The van der Waals surface area contributed by atoms with Gasteiger partial charge in [0, 0.05) is 0 Å². The largest absolute Gasteiger partial charge is 0.325 e. The molecule has 0 amide bonds. The third-order valence-electron chi connectivity index (χ3n) is 0.654. The first kappa shape index (κ1) is 8.17. The van der Waals surface area contributed by atoms with Gasteiger partial charge in [-0.2, -0.15) is 11.8 Å². The van der Waals surface area contributed by atoms with Crippen molar-refractivity contribution in [2.45, 2.75) is 5.92 Å². The lowest BCUT2D eigenvalue weighted by Gasteiger charge is -2.10. The first-order valence-electron chi connectivity index (χ1n) is 2.19. The second-order valence-electron chi connectivity index (χ2n) is 1.49. The molecule has 0 aliphatic rings. The molecule has 0 aromatic heterocycles. The Hall–Kier alpha value is 0.170. The maximum atomic E-state index is 12.0. The molecule has 0 unspecified atom stereocenters. The van der Waals surface area contributed by atoms with Crippen molar-refractivity contribution < 1.29 is 8.78 Å². The standard InChI is InChI=1S/C4H9F2NS/c1-8-3-4(5,6)2-7/h2-3,7H2,1H3. The molecule has 2 N–H and O–H groups in total. The first-order chi connectivity index (χ1) is 3.62. The molecule has 0 saturated carbocycles. The van der Waals surface area contributed by atoms with E-state index in [1.807, 2.05) is 0 Å². The normalized spacial score (nSPS) is 12.0. The molecule has 0 bridgehead atoms. The van der Waals surface area contributed by atoms with Gasteiger partial charge in [0.15, 0.2) is 0 Å². The molecule has 0 atom stereocenters. The van der Waals surface area contributed by atoms with Gasteiger partial charge in [-0.1, -0.05) is 0 Å². The molecule has 0 fully saturated rings. The molecular formula is C4H9F2NS. The summed E-state index contributed by atoms with van der Waals surface area (Å²) < 4.78 is 24.0. The number of nitrogens with two attached hydrogens (primary N) is 1. The molecule has 50 valence electrons. The Morgan fingerprint density at radius 1 is 1.62 bits per heavy atom. The van der Waals surface area contributed by atoms with E-state index in [2.05, 4.69) is 0 Å². The second-order valence-corrected chi connectivity index (χ2v) is 2.36. The Kier molecular flexibility index (Phi) is 3.31. The van der Waals surface area contributed by atoms with Crippen LogP contribution in [0.5, 0.6) is 0 Å². The van der Waals surface area contributed by atoms with Crippen LogP contribution in [0.1, 0.15) is 0 Å². The zero-order valence-electron chi connectivity index (χ0n) is 4.66. The van der Waals surface area contributed by atoms with E-state index in [0.29, 0.717) is 0 Å². The van der Waals surface area contributed by atoms with Crippen LogP contribution < -0.4 is 5.73 Å². The smallest absolute Gasteiger partial charge is 0.268 e. The summed E-state index contributed by atoms with van der Waals surface area (Å²) in [4.78, 5) is 0. The lowest BCUT2D eigenvalue weighted by atomic mass is 10.4. The fourth-order valence-corrected chi connectivity index (χ4v) is 0.810. The molecule has 0 aromatic carbocycles. The van der Waals surface area contributed by atoms with E-state index in [1.165, 1.54) is 0 Å². The van der Waals surface area contributed by atoms with Gasteiger partial charge in [0.2, 0.25) is 0 Å². The minimum absolute atomic E-state index is 0.177. The number of hydrogen-bond donors (Lipinski definition) is 1. The number of thioether (sulfide) groups is 1. The molecule has 8 heavy (non-hydrogen) atoms. The molecule has 1 nitrogen and oxygen atoms in total. The van der Waals surface area contributed by atoms with Crippen molar-refractivity contribution in [1.29, 1.82) is 0 Å².